The predicted octanol–water partition coefficient (Wildman–Crippen LogP) is 1.18. The maximum absolute atomic E-state index is 9.92. The van der Waals surface area contributed by atoms with Gasteiger partial charge in [-0.3, -0.25) is 4.79 Å². The lowest BCUT2D eigenvalue weighted by Gasteiger charge is -1.93. The van der Waals surface area contributed by atoms with Crippen molar-refractivity contribution in [2.45, 2.75) is 3.79 Å². The number of alkyl halides is 3. The molecule has 72 valence electrons. The van der Waals surface area contributed by atoms with Gasteiger partial charge in [-0.1, -0.05) is 34.8 Å². The highest BCUT2D eigenvalue weighted by molar-refractivity contribution is 6.74. The van der Waals surface area contributed by atoms with E-state index in [2.05, 4.69) is 4.74 Å². The average molecular weight is 245 g/mol. The molecule has 0 unspecified atom stereocenters. The van der Waals surface area contributed by atoms with Crippen LogP contribution in [0, 0.1) is 0 Å². The van der Waals surface area contributed by atoms with Crippen LogP contribution < -0.4 is 0 Å². The Morgan fingerprint density at radius 3 is 1.54 bits per heavy atom. The van der Waals surface area contributed by atoms with E-state index in [0.29, 0.717) is 0 Å². The summed E-state index contributed by atoms with van der Waals surface area (Å²) in [6.07, 6.45) is 2.41. The maximum atomic E-state index is 9.92. The van der Waals surface area contributed by atoms with E-state index >= 15 is 0 Å². The van der Waals surface area contributed by atoms with Gasteiger partial charge in [-0.15, -0.1) is 0 Å². The minimum Gasteiger partial charge on any atom is -0.387 e. The van der Waals surface area contributed by atoms with Crippen LogP contribution in [0.3, 0.4) is 0 Å². The van der Waals surface area contributed by atoms with E-state index in [1.165, 1.54) is 0 Å². The molecule has 1 heterocycles. The quantitative estimate of drug-likeness (QED) is 0.278. The number of ether oxygens (including phenoxy) is 1. The molecule has 0 aromatic carbocycles. The standard InChI is InChI=1S/C4H2O3.C2HCl3O/c5-3-1-2-4(6)7-3;3-2(4,5)1-6/h1-2H;1H. The number of cyclic esters (lactones) is 2. The number of aldehydes is 1. The molecule has 4 nitrogen and oxygen atoms in total. The molecule has 0 saturated carbocycles. The molecule has 1 rings (SSSR count). The lowest BCUT2D eigenvalue weighted by Crippen LogP contribution is -2.00. The topological polar surface area (TPSA) is 60.4 Å². The second-order valence-electron chi connectivity index (χ2n) is 1.73. The molecule has 0 aromatic rings. The van der Waals surface area contributed by atoms with Crippen molar-refractivity contribution in [3.05, 3.63) is 12.2 Å². The molecule has 7 heteroatoms. The predicted molar refractivity (Wildman–Crippen MR) is 46.6 cm³/mol. The first-order valence-corrected chi connectivity index (χ1v) is 3.95. The molecule has 0 aliphatic carbocycles. The highest BCUT2D eigenvalue weighted by Gasteiger charge is 2.16. The lowest BCUT2D eigenvalue weighted by molar-refractivity contribution is -0.150. The number of esters is 2. The third-order valence-corrected chi connectivity index (χ3v) is 0.958. The van der Waals surface area contributed by atoms with Gasteiger partial charge in [0.05, 0.1) is 0 Å². The minimum atomic E-state index is -1.72. The summed E-state index contributed by atoms with van der Waals surface area (Å²) < 4.78 is 2.25. The Bertz CT molecular complexity index is 237. The minimum absolute atomic E-state index is 0.234. The molecular weight excluding hydrogens is 242 g/mol. The Morgan fingerprint density at radius 1 is 1.15 bits per heavy atom. The van der Waals surface area contributed by atoms with Crippen molar-refractivity contribution in [3.63, 3.8) is 0 Å². The zero-order valence-corrected chi connectivity index (χ0v) is 8.27. The second kappa shape index (κ2) is 5.21. The Kier molecular flexibility index (Phi) is 4.98. The fourth-order valence-corrected chi connectivity index (χ4v) is 0.303. The van der Waals surface area contributed by atoms with Gasteiger partial charge in [0.15, 0.2) is 6.29 Å². The first-order chi connectivity index (χ1) is 5.85. The number of hydrogen-bond acceptors (Lipinski definition) is 4. The number of carbonyl (C=O) groups is 3. The monoisotopic (exact) mass is 244 g/mol. The van der Waals surface area contributed by atoms with E-state index in [4.69, 9.17) is 34.8 Å². The van der Waals surface area contributed by atoms with E-state index in [1.54, 1.807) is 0 Å². The Labute approximate surface area is 88.4 Å². The molecule has 0 amide bonds. The van der Waals surface area contributed by atoms with Gasteiger partial charge >= 0.3 is 11.9 Å². The van der Waals surface area contributed by atoms with Gasteiger partial charge < -0.3 is 4.74 Å². The normalized spacial score (nSPS) is 14.7. The summed E-state index contributed by atoms with van der Waals surface area (Å²) >= 11 is 14.6. The van der Waals surface area contributed by atoms with E-state index in [-0.39, 0.29) is 6.29 Å². The van der Waals surface area contributed by atoms with Crippen LogP contribution in [-0.4, -0.2) is 22.0 Å². The van der Waals surface area contributed by atoms with Crippen molar-refractivity contribution in [2.24, 2.45) is 0 Å². The molecule has 0 fully saturated rings. The van der Waals surface area contributed by atoms with Crippen LogP contribution >= 0.6 is 34.8 Å². The molecule has 1 aliphatic rings. The third kappa shape index (κ3) is 7.77. The molecule has 0 aromatic heterocycles. The molecule has 0 N–H and O–H groups in total. The largest absolute Gasteiger partial charge is 0.387 e. The lowest BCUT2D eigenvalue weighted by atomic mass is 10.6. The molecule has 0 bridgehead atoms. The Hall–Kier alpha value is -0.580. The summed E-state index contributed by atoms with van der Waals surface area (Å²) in [5, 5.41) is 0. The first kappa shape index (κ1) is 12.4. The Morgan fingerprint density at radius 2 is 1.46 bits per heavy atom. The molecule has 0 spiro atoms. The molecular formula is C6H3Cl3O4. The van der Waals surface area contributed by atoms with Gasteiger partial charge in [0.25, 0.3) is 0 Å². The van der Waals surface area contributed by atoms with Gasteiger partial charge in [0, 0.05) is 12.2 Å². The number of rotatable bonds is 0. The van der Waals surface area contributed by atoms with Gasteiger partial charge in [-0.2, -0.15) is 0 Å². The fourth-order valence-electron chi connectivity index (χ4n) is 0.303. The van der Waals surface area contributed by atoms with E-state index in [9.17, 15) is 14.4 Å². The maximum Gasteiger partial charge on any atom is 0.338 e. The summed E-state index contributed by atoms with van der Waals surface area (Å²) in [7, 11) is 0. The number of carbonyl (C=O) groups excluding carboxylic acids is 3. The fraction of sp³-hybridized carbons (Fsp3) is 0.167. The summed E-state index contributed by atoms with van der Waals surface area (Å²) in [5.74, 6) is -1.16. The van der Waals surface area contributed by atoms with Crippen LogP contribution in [0.2, 0.25) is 0 Å². The highest BCUT2D eigenvalue weighted by atomic mass is 35.6. The Balaban J connectivity index is 0.000000226. The summed E-state index contributed by atoms with van der Waals surface area (Å²) in [4.78, 5) is 29.3. The van der Waals surface area contributed by atoms with Gasteiger partial charge in [0.2, 0.25) is 3.79 Å². The molecule has 0 saturated heterocycles. The van der Waals surface area contributed by atoms with Gasteiger partial charge in [-0.05, 0) is 0 Å². The summed E-state index contributed by atoms with van der Waals surface area (Å²) in [6.45, 7) is 0. The molecule has 0 radical (unpaired) electrons. The second-order valence-corrected chi connectivity index (χ2v) is 4.10. The SMILES string of the molecule is O=C1C=CC(=O)O1.O=CC(Cl)(Cl)Cl. The van der Waals surface area contributed by atoms with E-state index in [0.717, 1.165) is 12.2 Å². The van der Waals surface area contributed by atoms with Crippen LogP contribution in [0.5, 0.6) is 0 Å². The van der Waals surface area contributed by atoms with Crippen LogP contribution in [0.4, 0.5) is 0 Å². The highest BCUT2D eigenvalue weighted by Crippen LogP contribution is 2.21. The first-order valence-electron chi connectivity index (χ1n) is 2.82. The molecule has 1 aliphatic heterocycles. The zero-order valence-electron chi connectivity index (χ0n) is 6.00. The zero-order chi connectivity index (χ0) is 10.5. The van der Waals surface area contributed by atoms with Crippen molar-refractivity contribution in [1.82, 2.24) is 0 Å². The van der Waals surface area contributed by atoms with Gasteiger partial charge in [-0.25, -0.2) is 9.59 Å². The molecule has 13 heavy (non-hydrogen) atoms. The number of halogens is 3. The average Bonchev–Trinajstić information content (AvgIpc) is 2.34. The third-order valence-electron chi connectivity index (χ3n) is 0.690. The molecule has 0 atom stereocenters. The van der Waals surface area contributed by atoms with Crippen LogP contribution in [0.25, 0.3) is 0 Å². The summed E-state index contributed by atoms with van der Waals surface area (Å²) in [5.41, 5.74) is 0. The van der Waals surface area contributed by atoms with Crippen LogP contribution in [0.15, 0.2) is 12.2 Å². The van der Waals surface area contributed by atoms with E-state index in [1.807, 2.05) is 0 Å². The van der Waals surface area contributed by atoms with Crippen molar-refractivity contribution in [1.29, 1.82) is 0 Å². The summed E-state index contributed by atoms with van der Waals surface area (Å²) in [6, 6.07) is 0. The van der Waals surface area contributed by atoms with Crippen molar-refractivity contribution in [3.8, 4) is 0 Å². The smallest absolute Gasteiger partial charge is 0.338 e. The van der Waals surface area contributed by atoms with E-state index < -0.39 is 15.7 Å². The van der Waals surface area contributed by atoms with Crippen molar-refractivity contribution < 1.29 is 19.1 Å². The van der Waals surface area contributed by atoms with Gasteiger partial charge in [0.1, 0.15) is 0 Å². The van der Waals surface area contributed by atoms with Crippen LogP contribution in [0.1, 0.15) is 0 Å². The van der Waals surface area contributed by atoms with Crippen LogP contribution in [-0.2, 0) is 19.1 Å². The number of hydrogen-bond donors (Lipinski definition) is 0. The van der Waals surface area contributed by atoms with Crippen molar-refractivity contribution in [2.75, 3.05) is 0 Å². The van der Waals surface area contributed by atoms with Crippen molar-refractivity contribution >= 4 is 53.0 Å².